The maximum atomic E-state index is 12.5. The molecule has 1 amide bonds. The number of hydrogen-bond donors (Lipinski definition) is 2. The van der Waals surface area contributed by atoms with Crippen LogP contribution in [0.5, 0.6) is 0 Å². The molecular weight excluding hydrogens is 296 g/mol. The molecule has 0 aromatic carbocycles. The monoisotopic (exact) mass is 316 g/mol. The molecule has 0 spiro atoms. The van der Waals surface area contributed by atoms with Gasteiger partial charge in [-0.25, -0.2) is 4.98 Å². The van der Waals surface area contributed by atoms with Gasteiger partial charge in [0.05, 0.1) is 11.3 Å². The van der Waals surface area contributed by atoms with Gasteiger partial charge in [-0.15, -0.1) is 0 Å². The molecular formula is C15H20N6O2. The summed E-state index contributed by atoms with van der Waals surface area (Å²) in [6.07, 6.45) is 5.45. The van der Waals surface area contributed by atoms with Crippen molar-refractivity contribution in [3.63, 3.8) is 0 Å². The predicted octanol–water partition coefficient (Wildman–Crippen LogP) is 0.773. The average Bonchev–Trinajstić information content (AvgIpc) is 3.23. The van der Waals surface area contributed by atoms with Crippen LogP contribution in [0.4, 0.5) is 5.69 Å². The topological polar surface area (TPSA) is 96.0 Å². The average molecular weight is 316 g/mol. The highest BCUT2D eigenvalue weighted by Gasteiger charge is 2.32. The zero-order valence-electron chi connectivity index (χ0n) is 13.2. The Hall–Kier alpha value is -2.48. The van der Waals surface area contributed by atoms with Crippen LogP contribution in [0.1, 0.15) is 28.7 Å². The van der Waals surface area contributed by atoms with E-state index in [1.54, 1.807) is 12.4 Å². The number of nitrogens with one attached hydrogen (secondary N) is 2. The van der Waals surface area contributed by atoms with E-state index in [2.05, 4.69) is 25.5 Å². The Bertz CT molecular complexity index is 658. The lowest BCUT2D eigenvalue weighted by atomic mass is 10.0. The summed E-state index contributed by atoms with van der Waals surface area (Å²) < 4.78 is 5.70. The number of rotatable bonds is 5. The molecule has 23 heavy (non-hydrogen) atoms. The van der Waals surface area contributed by atoms with Gasteiger partial charge in [0.2, 0.25) is 0 Å². The second-order valence-electron chi connectivity index (χ2n) is 5.71. The quantitative estimate of drug-likeness (QED) is 0.846. The minimum atomic E-state index is -0.153. The molecule has 3 heterocycles. The Balaban J connectivity index is 1.65. The van der Waals surface area contributed by atoms with Crippen molar-refractivity contribution in [1.29, 1.82) is 0 Å². The van der Waals surface area contributed by atoms with Gasteiger partial charge in [0.15, 0.2) is 5.82 Å². The second kappa shape index (κ2) is 6.74. The van der Waals surface area contributed by atoms with E-state index in [4.69, 9.17) is 4.74 Å². The van der Waals surface area contributed by atoms with Gasteiger partial charge in [0.25, 0.3) is 5.91 Å². The van der Waals surface area contributed by atoms with E-state index in [1.807, 2.05) is 25.1 Å². The smallest absolute Gasteiger partial charge is 0.254 e. The Kier molecular flexibility index (Phi) is 4.52. The Morgan fingerprint density at radius 3 is 3.13 bits per heavy atom. The molecule has 0 radical (unpaired) electrons. The molecule has 1 fully saturated rings. The third kappa shape index (κ3) is 3.31. The van der Waals surface area contributed by atoms with Gasteiger partial charge in [0, 0.05) is 45.6 Å². The molecule has 2 aromatic rings. The van der Waals surface area contributed by atoms with Gasteiger partial charge in [0.1, 0.15) is 12.4 Å². The number of H-pyrrole nitrogens is 1. The second-order valence-corrected chi connectivity index (χ2v) is 5.71. The van der Waals surface area contributed by atoms with Crippen LogP contribution < -0.4 is 10.2 Å². The van der Waals surface area contributed by atoms with Gasteiger partial charge in [-0.1, -0.05) is 0 Å². The lowest BCUT2D eigenvalue weighted by Gasteiger charge is -2.19. The van der Waals surface area contributed by atoms with Crippen LogP contribution in [0, 0.1) is 5.92 Å². The molecule has 0 bridgehead atoms. The maximum Gasteiger partial charge on any atom is 0.254 e. The van der Waals surface area contributed by atoms with Crippen LogP contribution >= 0.6 is 0 Å². The molecule has 122 valence electrons. The summed E-state index contributed by atoms with van der Waals surface area (Å²) in [4.78, 5) is 22.6. The fourth-order valence-electron chi connectivity index (χ4n) is 2.77. The highest BCUT2D eigenvalue weighted by molar-refractivity contribution is 5.99. The number of carbonyl (C=O) groups excluding carboxylic acids is 1. The van der Waals surface area contributed by atoms with E-state index in [-0.39, 0.29) is 17.9 Å². The van der Waals surface area contributed by atoms with Crippen molar-refractivity contribution in [2.24, 2.45) is 5.92 Å². The first kappa shape index (κ1) is 15.4. The van der Waals surface area contributed by atoms with Crippen molar-refractivity contribution in [3.8, 4) is 0 Å². The number of aromatic nitrogens is 4. The fraction of sp³-hybridized carbons (Fsp3) is 0.467. The Labute approximate surface area is 134 Å². The zero-order valence-corrected chi connectivity index (χ0v) is 13.2. The molecule has 8 nitrogen and oxygen atoms in total. The van der Waals surface area contributed by atoms with E-state index in [0.717, 1.165) is 12.1 Å². The summed E-state index contributed by atoms with van der Waals surface area (Å²) in [7, 11) is 3.80. The lowest BCUT2D eigenvalue weighted by Crippen LogP contribution is -2.32. The number of anilines is 1. The van der Waals surface area contributed by atoms with Crippen LogP contribution in [0.15, 0.2) is 24.8 Å². The summed E-state index contributed by atoms with van der Waals surface area (Å²) in [5.41, 5.74) is 1.40. The largest absolute Gasteiger partial charge is 0.377 e. The van der Waals surface area contributed by atoms with Crippen LogP contribution in [0.3, 0.4) is 0 Å². The van der Waals surface area contributed by atoms with Crippen molar-refractivity contribution in [2.75, 3.05) is 32.1 Å². The highest BCUT2D eigenvalue weighted by Crippen LogP contribution is 2.31. The van der Waals surface area contributed by atoms with Crippen molar-refractivity contribution < 1.29 is 9.53 Å². The van der Waals surface area contributed by atoms with Crippen molar-refractivity contribution in [3.05, 3.63) is 36.2 Å². The zero-order chi connectivity index (χ0) is 16.2. The van der Waals surface area contributed by atoms with Crippen molar-refractivity contribution >= 4 is 11.6 Å². The highest BCUT2D eigenvalue weighted by atomic mass is 16.5. The molecule has 2 N–H and O–H groups in total. The summed E-state index contributed by atoms with van der Waals surface area (Å²) in [5.74, 6) is 0.744. The van der Waals surface area contributed by atoms with E-state index >= 15 is 0 Å². The van der Waals surface area contributed by atoms with Crippen LogP contribution in [0.2, 0.25) is 0 Å². The number of nitrogens with zero attached hydrogens (tertiary/aromatic N) is 4. The molecule has 1 saturated heterocycles. The molecule has 0 aliphatic carbocycles. The van der Waals surface area contributed by atoms with E-state index in [0.29, 0.717) is 24.5 Å². The van der Waals surface area contributed by atoms with Crippen molar-refractivity contribution in [2.45, 2.75) is 12.5 Å². The number of amides is 1. The van der Waals surface area contributed by atoms with E-state index in [9.17, 15) is 4.79 Å². The van der Waals surface area contributed by atoms with E-state index < -0.39 is 0 Å². The number of ether oxygens (including phenoxy) is 1. The van der Waals surface area contributed by atoms with Gasteiger partial charge in [-0.05, 0) is 12.5 Å². The summed E-state index contributed by atoms with van der Waals surface area (Å²) in [6.45, 7) is 1.17. The SMILES string of the molecule is CN(C)c1ccncc1C(=O)NC[C@@H]1CCO[C@@H]1c1ncn[nH]1. The van der Waals surface area contributed by atoms with Gasteiger partial charge >= 0.3 is 0 Å². The first-order valence-corrected chi connectivity index (χ1v) is 7.53. The van der Waals surface area contributed by atoms with E-state index in [1.165, 1.54) is 6.33 Å². The number of pyridine rings is 1. The molecule has 3 rings (SSSR count). The lowest BCUT2D eigenvalue weighted by molar-refractivity contribution is 0.0799. The molecule has 1 aliphatic heterocycles. The van der Waals surface area contributed by atoms with Gasteiger partial charge in [-0.3, -0.25) is 14.9 Å². The van der Waals surface area contributed by atoms with Crippen LogP contribution in [-0.2, 0) is 4.74 Å². The summed E-state index contributed by atoms with van der Waals surface area (Å²) >= 11 is 0. The van der Waals surface area contributed by atoms with Gasteiger partial charge in [-0.2, -0.15) is 5.10 Å². The van der Waals surface area contributed by atoms with Crippen LogP contribution in [0.25, 0.3) is 0 Å². The maximum absolute atomic E-state index is 12.5. The predicted molar refractivity (Wildman–Crippen MR) is 84.1 cm³/mol. The molecule has 1 aliphatic rings. The van der Waals surface area contributed by atoms with Crippen molar-refractivity contribution in [1.82, 2.24) is 25.5 Å². The summed E-state index contributed by atoms with van der Waals surface area (Å²) in [6, 6.07) is 1.82. The number of aromatic amines is 1. The summed E-state index contributed by atoms with van der Waals surface area (Å²) in [5, 5.41) is 9.68. The first-order chi connectivity index (χ1) is 11.2. The number of hydrogen-bond acceptors (Lipinski definition) is 6. The molecule has 2 aromatic heterocycles. The normalized spacial score (nSPS) is 20.4. The van der Waals surface area contributed by atoms with Crippen LogP contribution in [-0.4, -0.2) is 53.3 Å². The molecule has 0 saturated carbocycles. The Morgan fingerprint density at radius 1 is 1.52 bits per heavy atom. The third-order valence-electron chi connectivity index (χ3n) is 3.97. The minimum Gasteiger partial charge on any atom is -0.377 e. The Morgan fingerprint density at radius 2 is 2.39 bits per heavy atom. The standard InChI is InChI=1S/C15H20N6O2/c1-21(2)12-3-5-16-8-11(12)15(22)17-7-10-4-6-23-13(10)14-18-9-19-20-14/h3,5,8-10,13H,4,6-7H2,1-2H3,(H,17,22)(H,18,19,20)/t10-,13-/m0/s1. The number of carbonyl (C=O) groups is 1. The fourth-order valence-corrected chi connectivity index (χ4v) is 2.77. The molecule has 2 atom stereocenters. The first-order valence-electron chi connectivity index (χ1n) is 7.53. The molecule has 0 unspecified atom stereocenters. The third-order valence-corrected chi connectivity index (χ3v) is 3.97. The minimum absolute atomic E-state index is 0.134. The molecule has 8 heteroatoms. The van der Waals surface area contributed by atoms with Gasteiger partial charge < -0.3 is 15.0 Å².